The molecule has 2 heterocycles. The smallest absolute Gasteiger partial charge is 0.232 e. The molecule has 1 spiro atoms. The van der Waals surface area contributed by atoms with Crippen molar-refractivity contribution in [2.45, 2.75) is 30.6 Å². The highest BCUT2D eigenvalue weighted by Crippen LogP contribution is 2.47. The summed E-state index contributed by atoms with van der Waals surface area (Å²) in [5.74, 6) is 0.360. The van der Waals surface area contributed by atoms with Crippen LogP contribution in [-0.4, -0.2) is 59.3 Å². The first-order valence-corrected chi connectivity index (χ1v) is 13.7. The highest BCUT2D eigenvalue weighted by molar-refractivity contribution is 7.92. The minimum absolute atomic E-state index is 0.0791. The lowest BCUT2D eigenvalue weighted by molar-refractivity contribution is 0.163. The Morgan fingerprint density at radius 1 is 1.09 bits per heavy atom. The molecule has 1 fully saturated rings. The Balaban J connectivity index is 1.42. The molecule has 8 heteroatoms. The first kappa shape index (κ1) is 23.8. The van der Waals surface area contributed by atoms with Crippen molar-refractivity contribution in [3.8, 4) is 0 Å². The molecule has 1 atom stereocenters. The molecule has 0 radical (unpaired) electrons. The predicted molar refractivity (Wildman–Crippen MR) is 134 cm³/mol. The highest BCUT2D eigenvalue weighted by Gasteiger charge is 2.46. The Morgan fingerprint density at radius 2 is 1.81 bits per heavy atom. The summed E-state index contributed by atoms with van der Waals surface area (Å²) in [5.41, 5.74) is 3.17. The van der Waals surface area contributed by atoms with Crippen LogP contribution in [0.3, 0.4) is 0 Å². The van der Waals surface area contributed by atoms with E-state index in [-0.39, 0.29) is 5.41 Å². The molecule has 0 aliphatic carbocycles. The molecule has 0 saturated carbocycles. The van der Waals surface area contributed by atoms with Gasteiger partial charge in [0.15, 0.2) is 0 Å². The van der Waals surface area contributed by atoms with Gasteiger partial charge in [-0.2, -0.15) is 0 Å². The zero-order valence-electron chi connectivity index (χ0n) is 18.7. The second-order valence-corrected chi connectivity index (χ2v) is 11.8. The molecular weight excluding hydrogens is 465 g/mol. The van der Waals surface area contributed by atoms with Gasteiger partial charge >= 0.3 is 0 Å². The number of hydrogen-bond donors (Lipinski definition) is 1. The van der Waals surface area contributed by atoms with Crippen molar-refractivity contribution >= 4 is 38.9 Å². The van der Waals surface area contributed by atoms with E-state index in [0.29, 0.717) is 22.5 Å². The summed E-state index contributed by atoms with van der Waals surface area (Å²) in [6.07, 6.45) is 4.28. The number of likely N-dealkylation sites (tertiary alicyclic amines) is 1. The van der Waals surface area contributed by atoms with E-state index in [0.717, 1.165) is 51.1 Å². The molecule has 0 bridgehead atoms. The van der Waals surface area contributed by atoms with Gasteiger partial charge in [-0.15, -0.1) is 0 Å². The third-order valence-electron chi connectivity index (χ3n) is 7.06. The van der Waals surface area contributed by atoms with E-state index in [9.17, 15) is 8.42 Å². The fourth-order valence-electron chi connectivity index (χ4n) is 5.25. The monoisotopic (exact) mass is 495 g/mol. The number of sulfonamides is 1. The van der Waals surface area contributed by atoms with Crippen molar-refractivity contribution in [1.29, 1.82) is 0 Å². The molecule has 2 aliphatic rings. The summed E-state index contributed by atoms with van der Waals surface area (Å²) < 4.78 is 26.4. The van der Waals surface area contributed by atoms with E-state index >= 15 is 0 Å². The quantitative estimate of drug-likeness (QED) is 0.614. The fourth-order valence-corrected chi connectivity index (χ4v) is 6.56. The molecule has 2 aromatic rings. The third kappa shape index (κ3) is 4.80. The molecule has 2 aliphatic heterocycles. The predicted octanol–water partition coefficient (Wildman–Crippen LogP) is 4.50. The van der Waals surface area contributed by atoms with Crippen LogP contribution in [-0.2, 0) is 15.4 Å². The third-order valence-corrected chi connectivity index (χ3v) is 8.93. The van der Waals surface area contributed by atoms with E-state index in [1.165, 1.54) is 17.4 Å². The summed E-state index contributed by atoms with van der Waals surface area (Å²) in [7, 11) is -1.30. The number of halogens is 2. The Labute approximate surface area is 201 Å². The summed E-state index contributed by atoms with van der Waals surface area (Å²) in [4.78, 5) is 2.51. The number of piperidine rings is 1. The van der Waals surface area contributed by atoms with Crippen LogP contribution in [0.4, 0.5) is 5.69 Å². The molecule has 1 N–H and O–H groups in total. The Bertz CT molecular complexity index is 1070. The lowest BCUT2D eigenvalue weighted by Gasteiger charge is -2.40. The molecule has 2 aromatic carbocycles. The van der Waals surface area contributed by atoms with Crippen molar-refractivity contribution in [2.75, 3.05) is 50.3 Å². The van der Waals surface area contributed by atoms with Crippen LogP contribution in [0.2, 0.25) is 10.0 Å². The van der Waals surface area contributed by atoms with Gasteiger partial charge in [-0.1, -0.05) is 47.5 Å². The van der Waals surface area contributed by atoms with Crippen LogP contribution < -0.4 is 9.62 Å². The van der Waals surface area contributed by atoms with Crippen molar-refractivity contribution in [2.24, 2.45) is 0 Å². The molecule has 5 nitrogen and oxygen atoms in total. The van der Waals surface area contributed by atoms with Crippen LogP contribution >= 0.6 is 23.2 Å². The number of fused-ring (bicyclic) bond motifs is 2. The molecule has 4 rings (SSSR count). The molecule has 1 saturated heterocycles. The first-order chi connectivity index (χ1) is 15.2. The summed E-state index contributed by atoms with van der Waals surface area (Å²) >= 11 is 12.3. The number of nitrogens with one attached hydrogen (secondary N) is 1. The molecule has 0 amide bonds. The van der Waals surface area contributed by atoms with Crippen molar-refractivity contribution in [3.63, 3.8) is 0 Å². The average molecular weight is 497 g/mol. The SMILES string of the molecule is CNC[C@@H](CCN1CCC2(CC1)CN(S(C)(=O)=O)c1ccccc12)c1ccc(Cl)c(Cl)c1. The highest BCUT2D eigenvalue weighted by atomic mass is 35.5. The normalized spacial score (nSPS) is 19.3. The van der Waals surface area contributed by atoms with Gasteiger partial charge in [-0.3, -0.25) is 4.31 Å². The fraction of sp³-hybridized carbons (Fsp3) is 0.500. The van der Waals surface area contributed by atoms with Crippen LogP contribution in [0.15, 0.2) is 42.5 Å². The summed E-state index contributed by atoms with van der Waals surface area (Å²) in [6, 6.07) is 13.9. The van der Waals surface area contributed by atoms with E-state index in [2.05, 4.69) is 22.3 Å². The molecule has 174 valence electrons. The lowest BCUT2D eigenvalue weighted by Crippen LogP contribution is -2.46. The minimum Gasteiger partial charge on any atom is -0.319 e. The van der Waals surface area contributed by atoms with Crippen LogP contribution in [0, 0.1) is 0 Å². The number of hydrogen-bond acceptors (Lipinski definition) is 4. The largest absolute Gasteiger partial charge is 0.319 e. The zero-order chi connectivity index (χ0) is 22.9. The van der Waals surface area contributed by atoms with E-state index in [1.54, 1.807) is 4.31 Å². The van der Waals surface area contributed by atoms with Crippen LogP contribution in [0.1, 0.15) is 36.3 Å². The van der Waals surface area contributed by atoms with E-state index in [1.807, 2.05) is 37.4 Å². The molecule has 0 aromatic heterocycles. The van der Waals surface area contributed by atoms with Crippen LogP contribution in [0.25, 0.3) is 0 Å². The van der Waals surface area contributed by atoms with Gasteiger partial charge in [-0.25, -0.2) is 8.42 Å². The summed E-state index contributed by atoms with van der Waals surface area (Å²) in [5, 5.41) is 4.48. The lowest BCUT2D eigenvalue weighted by atomic mass is 9.74. The van der Waals surface area contributed by atoms with Crippen LogP contribution in [0.5, 0.6) is 0 Å². The molecule has 0 unspecified atom stereocenters. The maximum Gasteiger partial charge on any atom is 0.232 e. The molecule has 32 heavy (non-hydrogen) atoms. The number of anilines is 1. The number of para-hydroxylation sites is 1. The standard InChI is InChI=1S/C24H31Cl2N3O2S/c1-27-16-19(18-7-8-21(25)22(26)15-18)9-12-28-13-10-24(11-14-28)17-29(32(2,30)31)23-6-4-3-5-20(23)24/h3-8,15,19,27H,9-14,16-17H2,1-2H3/t19-/m1/s1. The first-order valence-electron chi connectivity index (χ1n) is 11.1. The van der Waals surface area contributed by atoms with Gasteiger partial charge in [0.25, 0.3) is 0 Å². The van der Waals surface area contributed by atoms with Gasteiger partial charge in [0, 0.05) is 18.5 Å². The zero-order valence-corrected chi connectivity index (χ0v) is 21.0. The van der Waals surface area contributed by atoms with Gasteiger partial charge in [0.05, 0.1) is 22.0 Å². The molecular formula is C24H31Cl2N3O2S. The maximum absolute atomic E-state index is 12.4. The average Bonchev–Trinajstić information content (AvgIpc) is 3.09. The Morgan fingerprint density at radius 3 is 2.47 bits per heavy atom. The van der Waals surface area contributed by atoms with Crippen molar-refractivity contribution in [3.05, 3.63) is 63.6 Å². The number of benzene rings is 2. The van der Waals surface area contributed by atoms with E-state index in [4.69, 9.17) is 23.2 Å². The maximum atomic E-state index is 12.4. The van der Waals surface area contributed by atoms with Gasteiger partial charge in [0.2, 0.25) is 10.0 Å². The van der Waals surface area contributed by atoms with Gasteiger partial charge < -0.3 is 10.2 Å². The second kappa shape index (κ2) is 9.51. The number of likely N-dealkylation sites (N-methyl/N-ethyl adjacent to an activating group) is 1. The number of nitrogens with zero attached hydrogens (tertiary/aromatic N) is 2. The minimum atomic E-state index is -3.28. The number of rotatable bonds is 7. The van der Waals surface area contributed by atoms with E-state index < -0.39 is 10.0 Å². The Hall–Kier alpha value is -1.31. The topological polar surface area (TPSA) is 52.6 Å². The van der Waals surface area contributed by atoms with Gasteiger partial charge in [0.1, 0.15) is 0 Å². The van der Waals surface area contributed by atoms with Crippen molar-refractivity contribution < 1.29 is 8.42 Å². The summed E-state index contributed by atoms with van der Waals surface area (Å²) in [6.45, 7) is 4.39. The Kier molecular flexibility index (Phi) is 7.08. The second-order valence-electron chi connectivity index (χ2n) is 9.13. The van der Waals surface area contributed by atoms with Gasteiger partial charge in [-0.05, 0) is 81.2 Å². The van der Waals surface area contributed by atoms with Crippen molar-refractivity contribution in [1.82, 2.24) is 10.2 Å².